The van der Waals surface area contributed by atoms with E-state index in [9.17, 15) is 18.0 Å². The third kappa shape index (κ3) is 4.95. The molecule has 176 valence electrons. The van der Waals surface area contributed by atoms with Gasteiger partial charge in [0.05, 0.1) is 10.6 Å². The van der Waals surface area contributed by atoms with Crippen LogP contribution in [0.4, 0.5) is 5.69 Å². The summed E-state index contributed by atoms with van der Waals surface area (Å²) in [4.78, 5) is 26.2. The highest BCUT2D eigenvalue weighted by atomic mass is 32.2. The Morgan fingerprint density at radius 2 is 1.62 bits per heavy atom. The first-order chi connectivity index (χ1) is 16.3. The van der Waals surface area contributed by atoms with Crippen LogP contribution in [0.3, 0.4) is 0 Å². The zero-order valence-corrected chi connectivity index (χ0v) is 20.1. The molecule has 1 amide bonds. The molecule has 1 fully saturated rings. The van der Waals surface area contributed by atoms with Crippen LogP contribution in [0.25, 0.3) is 0 Å². The molecule has 6 nitrogen and oxygen atoms in total. The first kappa shape index (κ1) is 23.9. The van der Waals surface area contributed by atoms with Crippen LogP contribution in [0, 0.1) is 6.92 Å². The molecule has 0 spiro atoms. The minimum absolute atomic E-state index is 0.0381. The van der Waals surface area contributed by atoms with Crippen molar-refractivity contribution in [1.29, 1.82) is 0 Å². The number of carbonyl (C=O) groups is 2. The number of piperidine rings is 1. The zero-order chi connectivity index (χ0) is 24.3. The largest absolute Gasteiger partial charge is 0.321 e. The van der Waals surface area contributed by atoms with Gasteiger partial charge in [-0.1, -0.05) is 48.4 Å². The van der Waals surface area contributed by atoms with Crippen molar-refractivity contribution < 1.29 is 18.0 Å². The minimum atomic E-state index is -3.61. The number of aryl methyl sites for hydroxylation is 1. The third-order valence-electron chi connectivity index (χ3n) is 6.17. The van der Waals surface area contributed by atoms with E-state index in [1.165, 1.54) is 24.3 Å². The molecule has 1 aliphatic heterocycles. The molecule has 4 rings (SSSR count). The quantitative estimate of drug-likeness (QED) is 0.505. The molecule has 0 aliphatic carbocycles. The molecule has 1 heterocycles. The maximum atomic E-state index is 13.0. The lowest BCUT2D eigenvalue weighted by Gasteiger charge is -2.32. The summed E-state index contributed by atoms with van der Waals surface area (Å²) in [6.45, 7) is 4.32. The Bertz CT molecular complexity index is 1300. The molecule has 1 saturated heterocycles. The molecule has 3 aromatic carbocycles. The number of carbonyl (C=O) groups excluding carboxylic acids is 2. The normalized spacial score (nSPS) is 16.7. The van der Waals surface area contributed by atoms with Crippen molar-refractivity contribution >= 4 is 27.4 Å². The second kappa shape index (κ2) is 9.91. The molecule has 7 heteroatoms. The van der Waals surface area contributed by atoms with Gasteiger partial charge in [0, 0.05) is 29.3 Å². The van der Waals surface area contributed by atoms with Crippen LogP contribution >= 0.6 is 0 Å². The van der Waals surface area contributed by atoms with Gasteiger partial charge in [-0.15, -0.1) is 0 Å². The van der Waals surface area contributed by atoms with Gasteiger partial charge in [0.25, 0.3) is 5.91 Å². The third-order valence-corrected chi connectivity index (χ3v) is 8.20. The molecule has 0 aromatic heterocycles. The Morgan fingerprint density at radius 1 is 0.912 bits per heavy atom. The summed E-state index contributed by atoms with van der Waals surface area (Å²) in [6.07, 6.45) is 2.73. The van der Waals surface area contributed by atoms with Gasteiger partial charge in [0.1, 0.15) is 0 Å². The van der Waals surface area contributed by atoms with E-state index in [0.717, 1.165) is 24.8 Å². The Kier molecular flexibility index (Phi) is 6.95. The lowest BCUT2D eigenvalue weighted by atomic mass is 9.99. The van der Waals surface area contributed by atoms with Gasteiger partial charge in [-0.3, -0.25) is 9.59 Å². The number of amides is 1. The van der Waals surface area contributed by atoms with Crippen LogP contribution in [-0.4, -0.2) is 37.0 Å². The van der Waals surface area contributed by atoms with E-state index in [1.807, 2.05) is 26.0 Å². The van der Waals surface area contributed by atoms with Crippen LogP contribution in [0.2, 0.25) is 0 Å². The van der Waals surface area contributed by atoms with Crippen LogP contribution < -0.4 is 5.32 Å². The molecular formula is C27H28N2O4S. The molecule has 0 saturated carbocycles. The van der Waals surface area contributed by atoms with Crippen LogP contribution in [-0.2, 0) is 10.0 Å². The lowest BCUT2D eigenvalue weighted by Crippen LogP contribution is -2.41. The second-order valence-corrected chi connectivity index (χ2v) is 10.6. The Balaban J connectivity index is 1.55. The average molecular weight is 477 g/mol. The fourth-order valence-electron chi connectivity index (χ4n) is 4.24. The van der Waals surface area contributed by atoms with Crippen molar-refractivity contribution in [1.82, 2.24) is 4.31 Å². The number of ketones is 1. The van der Waals surface area contributed by atoms with Crippen LogP contribution in [0.15, 0.2) is 77.7 Å². The molecular weight excluding hydrogens is 448 g/mol. The summed E-state index contributed by atoms with van der Waals surface area (Å²) in [5, 5.41) is 2.81. The first-order valence-corrected chi connectivity index (χ1v) is 12.8. The molecule has 1 N–H and O–H groups in total. The Hall–Kier alpha value is -3.29. The highest BCUT2D eigenvalue weighted by Crippen LogP contribution is 2.26. The number of hydrogen-bond acceptors (Lipinski definition) is 4. The van der Waals surface area contributed by atoms with Crippen molar-refractivity contribution in [2.75, 3.05) is 11.9 Å². The highest BCUT2D eigenvalue weighted by Gasteiger charge is 2.31. The number of hydrogen-bond donors (Lipinski definition) is 1. The SMILES string of the molecule is Cc1ccc(NC(=O)c2ccc(S(=O)(=O)N3CCCCC3C)cc2)c(C(=O)c2ccccc2)c1. The topological polar surface area (TPSA) is 83.6 Å². The van der Waals surface area contributed by atoms with E-state index in [1.54, 1.807) is 40.7 Å². The number of anilines is 1. The molecule has 3 aromatic rings. The summed E-state index contributed by atoms with van der Waals surface area (Å²) in [7, 11) is -3.61. The van der Waals surface area contributed by atoms with E-state index in [-0.39, 0.29) is 16.7 Å². The van der Waals surface area contributed by atoms with E-state index < -0.39 is 15.9 Å². The smallest absolute Gasteiger partial charge is 0.255 e. The van der Waals surface area contributed by atoms with Gasteiger partial charge >= 0.3 is 0 Å². The van der Waals surface area contributed by atoms with Gasteiger partial charge in [-0.2, -0.15) is 4.31 Å². The molecule has 1 aliphatic rings. The Morgan fingerprint density at radius 3 is 2.29 bits per heavy atom. The van der Waals surface area contributed by atoms with Gasteiger partial charge < -0.3 is 5.32 Å². The maximum absolute atomic E-state index is 13.0. The van der Waals surface area contributed by atoms with Crippen molar-refractivity contribution in [2.45, 2.75) is 44.0 Å². The van der Waals surface area contributed by atoms with Crippen molar-refractivity contribution in [3.63, 3.8) is 0 Å². The molecule has 0 radical (unpaired) electrons. The van der Waals surface area contributed by atoms with E-state index in [2.05, 4.69) is 5.32 Å². The Labute approximate surface area is 200 Å². The zero-order valence-electron chi connectivity index (χ0n) is 19.3. The summed E-state index contributed by atoms with van der Waals surface area (Å²) < 4.78 is 27.6. The predicted octanol–water partition coefficient (Wildman–Crippen LogP) is 5.04. The first-order valence-electron chi connectivity index (χ1n) is 11.4. The molecule has 1 atom stereocenters. The van der Waals surface area contributed by atoms with E-state index in [0.29, 0.717) is 28.9 Å². The number of nitrogens with zero attached hydrogens (tertiary/aromatic N) is 1. The molecule has 0 bridgehead atoms. The molecule has 1 unspecified atom stereocenters. The van der Waals surface area contributed by atoms with Gasteiger partial charge in [-0.25, -0.2) is 8.42 Å². The van der Waals surface area contributed by atoms with Crippen molar-refractivity contribution in [2.24, 2.45) is 0 Å². The summed E-state index contributed by atoms with van der Waals surface area (Å²) >= 11 is 0. The summed E-state index contributed by atoms with van der Waals surface area (Å²) in [6, 6.07) is 20.1. The van der Waals surface area contributed by atoms with Crippen molar-refractivity contribution in [3.05, 3.63) is 95.1 Å². The second-order valence-electron chi connectivity index (χ2n) is 8.68. The highest BCUT2D eigenvalue weighted by molar-refractivity contribution is 7.89. The standard InChI is InChI=1S/C27H28N2O4S/c1-19-11-16-25(24(18-19)26(30)21-9-4-3-5-10-21)28-27(31)22-12-14-23(15-13-22)34(32,33)29-17-7-6-8-20(29)2/h3-5,9-16,18,20H,6-8,17H2,1-2H3,(H,28,31). The number of rotatable bonds is 6. The van der Waals surface area contributed by atoms with E-state index in [4.69, 9.17) is 0 Å². The maximum Gasteiger partial charge on any atom is 0.255 e. The monoisotopic (exact) mass is 476 g/mol. The number of benzene rings is 3. The van der Waals surface area contributed by atoms with Crippen molar-refractivity contribution in [3.8, 4) is 0 Å². The van der Waals surface area contributed by atoms with E-state index >= 15 is 0 Å². The van der Waals surface area contributed by atoms with Gasteiger partial charge in [0.15, 0.2) is 5.78 Å². The summed E-state index contributed by atoms with van der Waals surface area (Å²) in [5.74, 6) is -0.599. The van der Waals surface area contributed by atoms with Gasteiger partial charge in [0.2, 0.25) is 10.0 Å². The lowest BCUT2D eigenvalue weighted by molar-refractivity contribution is 0.102. The van der Waals surface area contributed by atoms with Crippen LogP contribution in [0.5, 0.6) is 0 Å². The summed E-state index contributed by atoms with van der Waals surface area (Å²) in [5.41, 5.74) is 2.55. The molecule has 34 heavy (non-hydrogen) atoms. The number of nitrogens with one attached hydrogen (secondary N) is 1. The fraction of sp³-hybridized carbons (Fsp3) is 0.259. The minimum Gasteiger partial charge on any atom is -0.321 e. The predicted molar refractivity (Wildman–Crippen MR) is 133 cm³/mol. The fourth-order valence-corrected chi connectivity index (χ4v) is 5.94. The van der Waals surface area contributed by atoms with Gasteiger partial charge in [-0.05, 0) is 63.1 Å². The average Bonchev–Trinajstić information content (AvgIpc) is 2.85. The van der Waals surface area contributed by atoms with Crippen LogP contribution in [0.1, 0.15) is 58.0 Å². The number of sulfonamides is 1.